The molecular formula is C18H23FN4O5S. The van der Waals surface area contributed by atoms with Crippen LogP contribution in [0.15, 0.2) is 18.2 Å². The topological polar surface area (TPSA) is 129 Å². The Kier molecular flexibility index (Phi) is 7.92. The fourth-order valence-corrected chi connectivity index (χ4v) is 4.22. The van der Waals surface area contributed by atoms with Crippen molar-refractivity contribution in [2.45, 2.75) is 32.2 Å². The molecule has 0 aromatic heterocycles. The molecule has 1 saturated heterocycles. The second-order valence-corrected chi connectivity index (χ2v) is 8.50. The molecule has 1 aromatic rings. The first-order valence-electron chi connectivity index (χ1n) is 9.10. The second kappa shape index (κ2) is 10.2. The summed E-state index contributed by atoms with van der Waals surface area (Å²) in [5.41, 5.74) is 0.507. The Morgan fingerprint density at radius 3 is 2.76 bits per heavy atom. The van der Waals surface area contributed by atoms with Crippen LogP contribution >= 0.6 is 0 Å². The molecule has 1 heterocycles. The van der Waals surface area contributed by atoms with Gasteiger partial charge in [0, 0.05) is 12.6 Å². The summed E-state index contributed by atoms with van der Waals surface area (Å²) in [7, 11) is -3.57. The number of hydrogen-bond acceptors (Lipinski definition) is 6. The van der Waals surface area contributed by atoms with E-state index in [1.807, 2.05) is 0 Å². The van der Waals surface area contributed by atoms with Crippen molar-refractivity contribution >= 4 is 22.0 Å². The summed E-state index contributed by atoms with van der Waals surface area (Å²) in [6, 6.07) is 4.69. The maximum atomic E-state index is 13.7. The van der Waals surface area contributed by atoms with Gasteiger partial charge in [-0.05, 0) is 37.5 Å². The minimum absolute atomic E-state index is 0.0357. The molecule has 1 fully saturated rings. The third kappa shape index (κ3) is 6.99. The van der Waals surface area contributed by atoms with Crippen LogP contribution in [-0.2, 0) is 14.8 Å². The third-order valence-electron chi connectivity index (χ3n) is 4.31. The minimum Gasteiger partial charge on any atom is -0.476 e. The van der Waals surface area contributed by atoms with Crippen LogP contribution in [0.2, 0.25) is 0 Å². The van der Waals surface area contributed by atoms with E-state index in [9.17, 15) is 22.4 Å². The van der Waals surface area contributed by atoms with Crippen LogP contribution < -0.4 is 14.8 Å². The Morgan fingerprint density at radius 2 is 2.10 bits per heavy atom. The van der Waals surface area contributed by atoms with Gasteiger partial charge in [-0.15, -0.1) is 0 Å². The molecule has 0 radical (unpaired) electrons. The molecule has 0 saturated carbocycles. The van der Waals surface area contributed by atoms with Gasteiger partial charge in [-0.2, -0.15) is 5.26 Å². The molecular weight excluding hydrogens is 403 g/mol. The van der Waals surface area contributed by atoms with Crippen LogP contribution in [0.4, 0.5) is 9.18 Å². The van der Waals surface area contributed by atoms with E-state index in [-0.39, 0.29) is 30.6 Å². The molecule has 9 nitrogen and oxygen atoms in total. The third-order valence-corrected chi connectivity index (χ3v) is 5.85. The Bertz CT molecular complexity index is 900. The maximum absolute atomic E-state index is 13.7. The average Bonchev–Trinajstić information content (AvgIpc) is 2.97. The highest BCUT2D eigenvalue weighted by atomic mass is 32.2. The predicted molar refractivity (Wildman–Crippen MR) is 102 cm³/mol. The number of carbonyl (C=O) groups is 2. The maximum Gasteiger partial charge on any atom is 0.324 e. The van der Waals surface area contributed by atoms with E-state index in [0.717, 1.165) is 6.07 Å². The second-order valence-electron chi connectivity index (χ2n) is 6.63. The summed E-state index contributed by atoms with van der Waals surface area (Å²) in [6.07, 6.45) is 1.56. The number of rotatable bonds is 11. The van der Waals surface area contributed by atoms with Gasteiger partial charge in [-0.25, -0.2) is 22.3 Å². The van der Waals surface area contributed by atoms with Crippen LogP contribution in [0.5, 0.6) is 5.75 Å². The van der Waals surface area contributed by atoms with Crippen LogP contribution in [0, 0.1) is 17.1 Å². The number of sulfonamides is 1. The molecule has 3 amide bonds. The molecule has 0 spiro atoms. The fraction of sp³-hybridized carbons (Fsp3) is 0.500. The van der Waals surface area contributed by atoms with Gasteiger partial charge in [0.1, 0.15) is 12.6 Å². The Balaban J connectivity index is 1.79. The summed E-state index contributed by atoms with van der Waals surface area (Å²) in [5, 5.41) is 10.7. The molecule has 1 aromatic carbocycles. The van der Waals surface area contributed by atoms with Crippen LogP contribution in [0.25, 0.3) is 0 Å². The number of urea groups is 1. The van der Waals surface area contributed by atoms with Crippen molar-refractivity contribution in [1.29, 1.82) is 5.26 Å². The highest BCUT2D eigenvalue weighted by Gasteiger charge is 2.25. The van der Waals surface area contributed by atoms with E-state index < -0.39 is 27.9 Å². The number of carbonyl (C=O) groups excluding carboxylic acids is 2. The van der Waals surface area contributed by atoms with Crippen molar-refractivity contribution < 1.29 is 27.1 Å². The SMILES string of the molecule is CC(NS(=O)(=O)CCCCCN1CC(=O)NC1=O)c1ccc(F)c(OCC#N)c1. The first kappa shape index (κ1) is 22.6. The van der Waals surface area contributed by atoms with Gasteiger partial charge in [0.15, 0.2) is 18.2 Å². The number of nitrogens with zero attached hydrogens (tertiary/aromatic N) is 2. The van der Waals surface area contributed by atoms with Crippen LogP contribution in [0.3, 0.4) is 0 Å². The summed E-state index contributed by atoms with van der Waals surface area (Å²) in [4.78, 5) is 23.9. The van der Waals surface area contributed by atoms with E-state index in [4.69, 9.17) is 10.00 Å². The monoisotopic (exact) mass is 426 g/mol. The highest BCUT2D eigenvalue weighted by Crippen LogP contribution is 2.23. The van der Waals surface area contributed by atoms with Gasteiger partial charge >= 0.3 is 6.03 Å². The van der Waals surface area contributed by atoms with E-state index in [1.165, 1.54) is 17.0 Å². The Morgan fingerprint density at radius 1 is 1.34 bits per heavy atom. The quantitative estimate of drug-likeness (QED) is 0.407. The Labute approximate surface area is 168 Å². The standard InChI is InChI=1S/C18H23FN4O5S/c1-13(14-5-6-15(19)16(11-14)28-9-7-20)22-29(26,27)10-4-2-3-8-23-12-17(24)21-18(23)25/h5-6,11,13,22H,2-4,8-10,12H2,1H3,(H,21,24,25). The highest BCUT2D eigenvalue weighted by molar-refractivity contribution is 7.89. The molecule has 1 unspecified atom stereocenters. The van der Waals surface area contributed by atoms with E-state index in [0.29, 0.717) is 31.4 Å². The number of benzene rings is 1. The van der Waals surface area contributed by atoms with Crippen molar-refractivity contribution in [1.82, 2.24) is 14.9 Å². The van der Waals surface area contributed by atoms with Crippen molar-refractivity contribution in [3.05, 3.63) is 29.6 Å². The van der Waals surface area contributed by atoms with Gasteiger partial charge in [0.2, 0.25) is 15.9 Å². The number of halogens is 1. The zero-order chi connectivity index (χ0) is 21.4. The zero-order valence-corrected chi connectivity index (χ0v) is 16.8. The summed E-state index contributed by atoms with van der Waals surface area (Å²) >= 11 is 0. The number of unbranched alkanes of at least 4 members (excludes halogenated alkanes) is 2. The van der Waals surface area contributed by atoms with E-state index in [2.05, 4.69) is 10.0 Å². The molecule has 0 aliphatic carbocycles. The van der Waals surface area contributed by atoms with Gasteiger partial charge in [-0.3, -0.25) is 10.1 Å². The average molecular weight is 426 g/mol. The minimum atomic E-state index is -3.57. The van der Waals surface area contributed by atoms with Crippen LogP contribution in [0.1, 0.15) is 37.8 Å². The fourth-order valence-electron chi connectivity index (χ4n) is 2.84. The first-order chi connectivity index (χ1) is 13.7. The van der Waals surface area contributed by atoms with Crippen LogP contribution in [-0.4, -0.2) is 50.7 Å². The number of nitriles is 1. The van der Waals surface area contributed by atoms with Gasteiger partial charge < -0.3 is 9.64 Å². The molecule has 1 atom stereocenters. The van der Waals surface area contributed by atoms with E-state index in [1.54, 1.807) is 13.0 Å². The molecule has 2 rings (SSSR count). The molecule has 158 valence electrons. The van der Waals surface area contributed by atoms with Crippen molar-refractivity contribution in [3.8, 4) is 11.8 Å². The summed E-state index contributed by atoms with van der Waals surface area (Å²) < 4.78 is 45.7. The van der Waals surface area contributed by atoms with Crippen molar-refractivity contribution in [2.24, 2.45) is 0 Å². The zero-order valence-electron chi connectivity index (χ0n) is 16.0. The number of nitrogens with one attached hydrogen (secondary N) is 2. The summed E-state index contributed by atoms with van der Waals surface area (Å²) in [5.74, 6) is -1.17. The molecule has 1 aliphatic heterocycles. The first-order valence-corrected chi connectivity index (χ1v) is 10.7. The van der Waals surface area contributed by atoms with Gasteiger partial charge in [-0.1, -0.05) is 12.5 Å². The largest absolute Gasteiger partial charge is 0.476 e. The molecule has 0 bridgehead atoms. The molecule has 11 heteroatoms. The van der Waals surface area contributed by atoms with Crippen molar-refractivity contribution in [2.75, 3.05) is 25.4 Å². The number of amides is 3. The molecule has 2 N–H and O–H groups in total. The predicted octanol–water partition coefficient (Wildman–Crippen LogP) is 1.43. The Hall–Kier alpha value is -2.71. The van der Waals surface area contributed by atoms with E-state index >= 15 is 0 Å². The number of ether oxygens (including phenoxy) is 1. The van der Waals surface area contributed by atoms with Gasteiger partial charge in [0.05, 0.1) is 5.75 Å². The lowest BCUT2D eigenvalue weighted by molar-refractivity contribution is -0.118. The number of imide groups is 1. The van der Waals surface area contributed by atoms with Crippen molar-refractivity contribution in [3.63, 3.8) is 0 Å². The normalized spacial score (nSPS) is 15.1. The van der Waals surface area contributed by atoms with Gasteiger partial charge in [0.25, 0.3) is 0 Å². The lowest BCUT2D eigenvalue weighted by Crippen LogP contribution is -2.30. The number of hydrogen-bond donors (Lipinski definition) is 2. The molecule has 29 heavy (non-hydrogen) atoms. The lowest BCUT2D eigenvalue weighted by atomic mass is 10.1. The smallest absolute Gasteiger partial charge is 0.324 e. The lowest BCUT2D eigenvalue weighted by Gasteiger charge is -2.16. The summed E-state index contributed by atoms with van der Waals surface area (Å²) in [6.45, 7) is 1.74. The molecule has 1 aliphatic rings.